The van der Waals surface area contributed by atoms with Crippen molar-refractivity contribution in [1.29, 1.82) is 0 Å². The van der Waals surface area contributed by atoms with Crippen LogP contribution in [0.15, 0.2) is 48.7 Å². The third-order valence-electron chi connectivity index (χ3n) is 4.63. The van der Waals surface area contributed by atoms with E-state index in [-0.39, 0.29) is 11.4 Å². The monoisotopic (exact) mass is 463 g/mol. The van der Waals surface area contributed by atoms with Crippen molar-refractivity contribution in [1.82, 2.24) is 9.78 Å². The Morgan fingerprint density at radius 2 is 1.58 bits per heavy atom. The van der Waals surface area contributed by atoms with Crippen molar-refractivity contribution in [3.63, 3.8) is 0 Å². The maximum absolute atomic E-state index is 13.7. The van der Waals surface area contributed by atoms with Crippen LogP contribution in [0, 0.1) is 0 Å². The molecule has 176 valence electrons. The van der Waals surface area contributed by atoms with Crippen molar-refractivity contribution in [2.75, 3.05) is 19.5 Å². The third kappa shape index (κ3) is 5.39. The van der Waals surface area contributed by atoms with Gasteiger partial charge >= 0.3 is 6.18 Å². The number of hydrogen-bond donors (Lipinski definition) is 1. The van der Waals surface area contributed by atoms with Gasteiger partial charge in [-0.15, -0.1) is 0 Å². The summed E-state index contributed by atoms with van der Waals surface area (Å²) in [4.78, 5) is 12.8. The quantitative estimate of drug-likeness (QED) is 0.506. The van der Waals surface area contributed by atoms with Gasteiger partial charge in [0.05, 0.1) is 31.5 Å². The first-order valence-corrected chi connectivity index (χ1v) is 9.91. The summed E-state index contributed by atoms with van der Waals surface area (Å²) in [6.07, 6.45) is -3.85. The normalized spacial score (nSPS) is 11.8. The lowest BCUT2D eigenvalue weighted by molar-refractivity contribution is -0.146. The van der Waals surface area contributed by atoms with Crippen molar-refractivity contribution in [3.05, 3.63) is 59.9 Å². The van der Waals surface area contributed by atoms with E-state index < -0.39 is 28.9 Å². The van der Waals surface area contributed by atoms with Crippen molar-refractivity contribution in [2.24, 2.45) is 0 Å². The van der Waals surface area contributed by atoms with E-state index in [1.54, 1.807) is 52.1 Å². The first-order chi connectivity index (χ1) is 15.4. The molecule has 3 rings (SSSR count). The van der Waals surface area contributed by atoms with Crippen LogP contribution < -0.4 is 19.5 Å². The summed E-state index contributed by atoms with van der Waals surface area (Å²) in [6, 6.07) is 11.3. The molecule has 0 aliphatic heterocycles. The number of hydrogen-bond acceptors (Lipinski definition) is 5. The number of halogens is 3. The van der Waals surface area contributed by atoms with E-state index in [9.17, 15) is 18.0 Å². The molecule has 3 aromatic rings. The molecule has 0 atom stereocenters. The number of nitrogens with one attached hydrogen (secondary N) is 1. The topological polar surface area (TPSA) is 74.6 Å². The van der Waals surface area contributed by atoms with Gasteiger partial charge in [0, 0.05) is 11.8 Å². The van der Waals surface area contributed by atoms with Gasteiger partial charge in [-0.05, 0) is 57.2 Å². The van der Waals surface area contributed by atoms with E-state index in [0.717, 1.165) is 10.9 Å². The van der Waals surface area contributed by atoms with Crippen molar-refractivity contribution in [3.8, 4) is 23.0 Å². The molecule has 0 aliphatic rings. The van der Waals surface area contributed by atoms with Gasteiger partial charge in [0.2, 0.25) is 0 Å². The second kappa shape index (κ2) is 9.05. The van der Waals surface area contributed by atoms with Gasteiger partial charge in [0.15, 0.2) is 17.2 Å². The van der Waals surface area contributed by atoms with Gasteiger partial charge in [-0.3, -0.25) is 9.48 Å². The number of benzene rings is 2. The molecule has 10 heteroatoms. The van der Waals surface area contributed by atoms with Crippen molar-refractivity contribution < 1.29 is 32.2 Å². The van der Waals surface area contributed by atoms with E-state index >= 15 is 0 Å². The molecule has 1 heterocycles. The molecule has 33 heavy (non-hydrogen) atoms. The fraction of sp³-hybridized carbons (Fsp3) is 0.304. The molecule has 0 saturated heterocycles. The van der Waals surface area contributed by atoms with E-state index in [4.69, 9.17) is 14.2 Å². The molecule has 2 aromatic carbocycles. The van der Waals surface area contributed by atoms with Crippen LogP contribution in [0.5, 0.6) is 23.0 Å². The molecule has 0 aliphatic carbocycles. The fourth-order valence-electron chi connectivity index (χ4n) is 3.10. The maximum Gasteiger partial charge on any atom is 0.433 e. The Bertz CT molecular complexity index is 1130. The summed E-state index contributed by atoms with van der Waals surface area (Å²) < 4.78 is 58.3. The third-order valence-corrected chi connectivity index (χ3v) is 4.63. The van der Waals surface area contributed by atoms with Crippen molar-refractivity contribution in [2.45, 2.75) is 32.5 Å². The highest BCUT2D eigenvalue weighted by Gasteiger charge is 2.42. The lowest BCUT2D eigenvalue weighted by Crippen LogP contribution is -2.30. The van der Waals surface area contributed by atoms with Crippen LogP contribution in [0.3, 0.4) is 0 Å². The molecule has 1 N–H and O–H groups in total. The Hall–Kier alpha value is -3.69. The highest BCUT2D eigenvalue weighted by Crippen LogP contribution is 2.37. The van der Waals surface area contributed by atoms with Gasteiger partial charge in [0.25, 0.3) is 5.91 Å². The number of carbonyl (C=O) groups excluding carboxylic acids is 1. The molecule has 0 fully saturated rings. The van der Waals surface area contributed by atoms with E-state index in [1.165, 1.54) is 25.3 Å². The zero-order chi connectivity index (χ0) is 24.4. The molecular weight excluding hydrogens is 439 g/mol. The van der Waals surface area contributed by atoms with Gasteiger partial charge in [-0.1, -0.05) is 0 Å². The van der Waals surface area contributed by atoms with Crippen LogP contribution in [-0.4, -0.2) is 29.9 Å². The second-order valence-corrected chi connectivity index (χ2v) is 8.08. The number of rotatable bonds is 6. The highest BCUT2D eigenvalue weighted by atomic mass is 19.4. The molecule has 0 spiro atoms. The Morgan fingerprint density at radius 1 is 0.939 bits per heavy atom. The van der Waals surface area contributed by atoms with Crippen LogP contribution in [0.4, 0.5) is 18.9 Å². The first kappa shape index (κ1) is 24.0. The summed E-state index contributed by atoms with van der Waals surface area (Å²) >= 11 is 0. The molecule has 0 bridgehead atoms. The summed E-state index contributed by atoms with van der Waals surface area (Å²) in [5.74, 6) is 0.815. The Morgan fingerprint density at radius 3 is 2.12 bits per heavy atom. The van der Waals surface area contributed by atoms with Crippen molar-refractivity contribution >= 4 is 11.6 Å². The molecule has 0 unspecified atom stereocenters. The lowest BCUT2D eigenvalue weighted by atomic mass is 10.1. The van der Waals surface area contributed by atoms with Crippen LogP contribution in [0.25, 0.3) is 0 Å². The van der Waals surface area contributed by atoms with E-state index in [2.05, 4.69) is 10.4 Å². The van der Waals surface area contributed by atoms with Gasteiger partial charge in [-0.2, -0.15) is 18.3 Å². The predicted molar refractivity (Wildman–Crippen MR) is 116 cm³/mol. The minimum absolute atomic E-state index is 0.223. The highest BCUT2D eigenvalue weighted by molar-refractivity contribution is 6.05. The Labute approximate surface area is 189 Å². The summed E-state index contributed by atoms with van der Waals surface area (Å²) in [7, 11) is 2.99. The van der Waals surface area contributed by atoms with Crippen LogP contribution in [-0.2, 0) is 11.7 Å². The number of amides is 1. The molecule has 7 nitrogen and oxygen atoms in total. The number of aromatic nitrogens is 2. The Kier molecular flexibility index (Phi) is 6.57. The van der Waals surface area contributed by atoms with Crippen LogP contribution in [0.1, 0.15) is 36.8 Å². The predicted octanol–water partition coefficient (Wildman–Crippen LogP) is 5.72. The van der Waals surface area contributed by atoms with E-state index in [1.807, 2.05) is 0 Å². The standard InChI is InChI=1S/C23H24F3N3O4/c1-22(2,3)29-20(23(24,25)26)17(13-27-29)21(30)28-14-6-11-18(32-5)19(12-14)33-16-9-7-15(31-4)8-10-16/h6-13H,1-5H3,(H,28,30). The minimum atomic E-state index is -4.76. The average molecular weight is 463 g/mol. The first-order valence-electron chi connectivity index (χ1n) is 9.91. The zero-order valence-electron chi connectivity index (χ0n) is 18.8. The number of anilines is 1. The average Bonchev–Trinajstić information content (AvgIpc) is 3.21. The SMILES string of the molecule is COc1ccc(Oc2cc(NC(=O)c3cnn(C(C)(C)C)c3C(F)(F)F)ccc2OC)cc1. The summed E-state index contributed by atoms with van der Waals surface area (Å²) in [5, 5.41) is 6.30. The van der Waals surface area contributed by atoms with E-state index in [0.29, 0.717) is 17.2 Å². The van der Waals surface area contributed by atoms with Crippen LogP contribution >= 0.6 is 0 Å². The van der Waals surface area contributed by atoms with Crippen LogP contribution in [0.2, 0.25) is 0 Å². The summed E-state index contributed by atoms with van der Waals surface area (Å²) in [6.45, 7) is 4.72. The number of carbonyl (C=O) groups is 1. The molecular formula is C23H24F3N3O4. The maximum atomic E-state index is 13.7. The number of methoxy groups -OCH3 is 2. The van der Waals surface area contributed by atoms with Gasteiger partial charge in [-0.25, -0.2) is 0 Å². The minimum Gasteiger partial charge on any atom is -0.497 e. The smallest absolute Gasteiger partial charge is 0.433 e. The second-order valence-electron chi connectivity index (χ2n) is 8.08. The molecule has 0 radical (unpaired) electrons. The Balaban J connectivity index is 1.90. The summed E-state index contributed by atoms with van der Waals surface area (Å²) in [5.41, 5.74) is -2.44. The molecule has 1 amide bonds. The molecule has 0 saturated carbocycles. The number of ether oxygens (including phenoxy) is 3. The fourth-order valence-corrected chi connectivity index (χ4v) is 3.10. The largest absolute Gasteiger partial charge is 0.497 e. The number of alkyl halides is 3. The molecule has 1 aromatic heterocycles. The van der Waals surface area contributed by atoms with Gasteiger partial charge < -0.3 is 19.5 Å². The lowest BCUT2D eigenvalue weighted by Gasteiger charge is -2.23. The number of nitrogens with zero attached hydrogens (tertiary/aromatic N) is 2. The zero-order valence-corrected chi connectivity index (χ0v) is 18.8. The van der Waals surface area contributed by atoms with Gasteiger partial charge in [0.1, 0.15) is 11.5 Å².